The van der Waals surface area contributed by atoms with E-state index in [-0.39, 0.29) is 28.3 Å². The van der Waals surface area contributed by atoms with Gasteiger partial charge >= 0.3 is 0 Å². The Morgan fingerprint density at radius 1 is 0.673 bits per heavy atom. The van der Waals surface area contributed by atoms with Crippen LogP contribution in [0.2, 0.25) is 0 Å². The first-order valence-corrected chi connectivity index (χ1v) is 22.8. The van der Waals surface area contributed by atoms with Crippen molar-refractivity contribution in [2.75, 3.05) is 43.2 Å². The molecular formula is C43H57N2O4PPdS. The molecule has 1 aliphatic heterocycles. The summed E-state index contributed by atoms with van der Waals surface area (Å²) in [6.45, 7) is 3.98. The largest absolute Gasteiger partial charge is 0.398 e. The normalized spacial score (nSPS) is 34.3. The predicted octanol–water partition coefficient (Wildman–Crippen LogP) is 9.01. The number of nitrogens with zero attached hydrogens (tertiary/aromatic N) is 1. The summed E-state index contributed by atoms with van der Waals surface area (Å²) in [5, 5.41) is 3.18. The van der Waals surface area contributed by atoms with Gasteiger partial charge in [0.05, 0.1) is 19.5 Å². The summed E-state index contributed by atoms with van der Waals surface area (Å²) in [4.78, 5) is 2.72. The van der Waals surface area contributed by atoms with Crippen LogP contribution in [-0.4, -0.2) is 55.8 Å². The topological polar surface area (TPSA) is 92.9 Å². The molecule has 8 saturated carbocycles. The number of para-hydroxylation sites is 2. The van der Waals surface area contributed by atoms with Crippen molar-refractivity contribution in [2.45, 2.75) is 87.4 Å². The molecule has 0 amide bonds. The Balaban J connectivity index is 0.000000185. The second-order valence-electron chi connectivity index (χ2n) is 17.4. The van der Waals surface area contributed by atoms with Gasteiger partial charge in [-0.3, -0.25) is 4.55 Å². The maximum atomic E-state index is 9.19. The van der Waals surface area contributed by atoms with Crippen molar-refractivity contribution in [1.29, 1.82) is 0 Å². The number of hydrogen-bond donors (Lipinski definition) is 2. The molecule has 12 rings (SSSR count). The molecule has 3 aromatic rings. The molecule has 0 unspecified atom stereocenters. The number of benzene rings is 3. The number of hydrogen-bond acceptors (Lipinski definition) is 5. The molecule has 0 spiro atoms. The number of anilines is 2. The van der Waals surface area contributed by atoms with Crippen molar-refractivity contribution < 1.29 is 38.1 Å². The van der Waals surface area contributed by atoms with E-state index in [1.54, 1.807) is 82.7 Å². The molecule has 284 valence electrons. The van der Waals surface area contributed by atoms with Crippen molar-refractivity contribution in [3.05, 3.63) is 78.9 Å². The average molecular weight is 835 g/mol. The fourth-order valence-electron chi connectivity index (χ4n) is 12.8. The molecule has 3 N–H and O–H groups in total. The molecule has 0 atom stereocenters. The van der Waals surface area contributed by atoms with E-state index in [1.807, 2.05) is 47.8 Å². The van der Waals surface area contributed by atoms with Crippen LogP contribution in [0.15, 0.2) is 78.9 Å². The molecule has 8 aliphatic carbocycles. The van der Waals surface area contributed by atoms with E-state index < -0.39 is 10.1 Å². The molecule has 1 saturated heterocycles. The van der Waals surface area contributed by atoms with Gasteiger partial charge in [-0.15, -0.1) is 0 Å². The van der Waals surface area contributed by atoms with Crippen molar-refractivity contribution in [1.82, 2.24) is 0 Å². The van der Waals surface area contributed by atoms with Crippen molar-refractivity contribution in [3.63, 3.8) is 0 Å². The van der Waals surface area contributed by atoms with Crippen molar-refractivity contribution in [2.24, 2.45) is 35.5 Å². The van der Waals surface area contributed by atoms with E-state index in [1.165, 1.54) is 5.56 Å². The fraction of sp³-hybridized carbons (Fsp3) is 0.581. The van der Waals surface area contributed by atoms with E-state index in [0.717, 1.165) is 73.1 Å². The Morgan fingerprint density at radius 3 is 1.54 bits per heavy atom. The maximum Gasteiger partial charge on any atom is 0.261 e. The number of ether oxygens (including phenoxy) is 1. The third-order valence-electron chi connectivity index (χ3n) is 13.5. The molecule has 0 aromatic heterocycles. The van der Waals surface area contributed by atoms with Crippen molar-refractivity contribution >= 4 is 34.7 Å². The molecule has 8 bridgehead atoms. The first-order valence-electron chi connectivity index (χ1n) is 19.6. The Bertz CT molecular complexity index is 1660. The maximum absolute atomic E-state index is 9.19. The minimum absolute atomic E-state index is 0. The molecule has 9 fully saturated rings. The van der Waals surface area contributed by atoms with Gasteiger partial charge in [-0.25, -0.2) is 0 Å². The van der Waals surface area contributed by atoms with Crippen LogP contribution in [0.1, 0.15) is 77.0 Å². The third-order valence-corrected chi connectivity index (χ3v) is 17.3. The summed E-state index contributed by atoms with van der Waals surface area (Å²) in [7, 11) is -3.80. The molecule has 1 heterocycles. The summed E-state index contributed by atoms with van der Waals surface area (Å²) in [6, 6.07) is 28.0. The van der Waals surface area contributed by atoms with Crippen molar-refractivity contribution in [3.8, 4) is 11.1 Å². The summed E-state index contributed by atoms with van der Waals surface area (Å²) in [5.41, 5.74) is 10.6. The van der Waals surface area contributed by atoms with Crippen LogP contribution >= 0.6 is 7.92 Å². The van der Waals surface area contributed by atoms with E-state index >= 15 is 0 Å². The quantitative estimate of drug-likeness (QED) is 0.115. The second-order valence-corrected chi connectivity index (χ2v) is 21.9. The van der Waals surface area contributed by atoms with Crippen LogP contribution in [0.3, 0.4) is 0 Å². The standard InChI is InChI=1S/C30H42NOP.C12H11N.CH4O3S.Pd/c1-2-4-28(27(3-1)31-5-7-32-8-6-31)33(29-15-21-9-22(16-29)11-23(10-21)17-29)30-18-24-12-25(19-30)14-26(13-24)20-30;13-12-9-5-4-8-11(12)10-6-2-1-3-7-10;1-5(2,3)4;/h1-4,21-26H,5-20H2;1-9H,13H2;1H3,(H,2,3,4);. The van der Waals surface area contributed by atoms with Crippen LogP contribution in [0.25, 0.3) is 11.1 Å². The molecule has 6 nitrogen and oxygen atoms in total. The first-order chi connectivity index (χ1) is 24.6. The zero-order valence-electron chi connectivity index (χ0n) is 30.7. The van der Waals surface area contributed by atoms with Gasteiger partial charge in [0.1, 0.15) is 0 Å². The second kappa shape index (κ2) is 15.8. The Labute approximate surface area is 327 Å². The summed E-state index contributed by atoms with van der Waals surface area (Å²) in [5.74, 6) is 6.37. The Kier molecular flexibility index (Phi) is 11.7. The zero-order chi connectivity index (χ0) is 35.2. The number of nitrogen functional groups attached to an aromatic ring is 1. The van der Waals surface area contributed by atoms with Crippen LogP contribution in [0.4, 0.5) is 11.4 Å². The third kappa shape index (κ3) is 8.24. The SMILES string of the molecule is CS(=O)(=O)O.Nc1ccccc1-c1ccccc1.[Pd].c1ccc(P(C23CC4CC(CC(C4)C2)C3)C23CC4CC(CC(C4)C2)C3)c(N2CCOCC2)c1. The van der Waals surface area contributed by atoms with Crippen LogP contribution in [0, 0.1) is 35.5 Å². The van der Waals surface area contributed by atoms with Gasteiger partial charge in [-0.05, 0) is 141 Å². The van der Waals surface area contributed by atoms with Gasteiger partial charge < -0.3 is 15.4 Å². The number of rotatable bonds is 5. The minimum Gasteiger partial charge on any atom is -0.398 e. The zero-order valence-corrected chi connectivity index (χ0v) is 33.9. The van der Waals surface area contributed by atoms with E-state index in [4.69, 9.17) is 15.0 Å². The molecule has 9 heteroatoms. The van der Waals surface area contributed by atoms with Gasteiger partial charge in [-0.1, -0.05) is 74.7 Å². The monoisotopic (exact) mass is 834 g/mol. The molecule has 0 radical (unpaired) electrons. The van der Waals surface area contributed by atoms with Gasteiger partial charge in [0.25, 0.3) is 10.1 Å². The van der Waals surface area contributed by atoms with Gasteiger partial charge in [-0.2, -0.15) is 8.42 Å². The minimum atomic E-state index is -3.67. The fourth-order valence-corrected chi connectivity index (χ4v) is 18.1. The smallest absolute Gasteiger partial charge is 0.261 e. The van der Waals surface area contributed by atoms with E-state index in [2.05, 4.69) is 41.3 Å². The summed E-state index contributed by atoms with van der Waals surface area (Å²) in [6.07, 6.45) is 19.7. The Morgan fingerprint density at radius 2 is 1.08 bits per heavy atom. The molecule has 3 aromatic carbocycles. The predicted molar refractivity (Wildman–Crippen MR) is 212 cm³/mol. The molecular weight excluding hydrogens is 778 g/mol. The first kappa shape index (κ1) is 38.5. The van der Waals surface area contributed by atoms with E-state index in [0.29, 0.717) is 16.6 Å². The summed E-state index contributed by atoms with van der Waals surface area (Å²) >= 11 is 0. The van der Waals surface area contributed by atoms with E-state index in [9.17, 15) is 8.42 Å². The Hall–Kier alpha value is -1.78. The van der Waals surface area contributed by atoms with Gasteiger partial charge in [0.2, 0.25) is 0 Å². The number of nitrogens with two attached hydrogens (primary N) is 1. The van der Waals surface area contributed by atoms with Crippen LogP contribution in [-0.2, 0) is 35.3 Å². The average Bonchev–Trinajstić information content (AvgIpc) is 3.08. The molecule has 9 aliphatic rings. The van der Waals surface area contributed by atoms with Gasteiger partial charge in [0.15, 0.2) is 0 Å². The van der Waals surface area contributed by atoms with Crippen LogP contribution < -0.4 is 15.9 Å². The summed E-state index contributed by atoms with van der Waals surface area (Å²) < 4.78 is 31.7. The number of morpholine rings is 1. The van der Waals surface area contributed by atoms with Crippen LogP contribution in [0.5, 0.6) is 0 Å². The van der Waals surface area contributed by atoms with Gasteiger partial charge in [0, 0.05) is 55.8 Å². The molecule has 52 heavy (non-hydrogen) atoms.